The molecule has 2 aliphatic heterocycles. The summed E-state index contributed by atoms with van der Waals surface area (Å²) in [5.41, 5.74) is 1.03. The topological polar surface area (TPSA) is 77.6 Å². The summed E-state index contributed by atoms with van der Waals surface area (Å²) < 4.78 is 0. The maximum Gasteiger partial charge on any atom is 0.315 e. The van der Waals surface area contributed by atoms with Gasteiger partial charge in [0, 0.05) is 51.9 Å². The van der Waals surface area contributed by atoms with Crippen LogP contribution in [-0.4, -0.2) is 64.5 Å². The van der Waals surface area contributed by atoms with Gasteiger partial charge in [0.2, 0.25) is 5.91 Å². The van der Waals surface area contributed by atoms with Crippen molar-refractivity contribution in [3.63, 3.8) is 0 Å². The largest absolute Gasteiger partial charge is 0.342 e. The normalized spacial score (nSPS) is 19.5. The molecule has 1 aromatic heterocycles. The second-order valence-electron chi connectivity index (χ2n) is 9.71. The lowest BCUT2D eigenvalue weighted by molar-refractivity contribution is -0.138. The molecule has 0 bridgehead atoms. The van der Waals surface area contributed by atoms with Gasteiger partial charge in [0.1, 0.15) is 0 Å². The highest BCUT2D eigenvalue weighted by Gasteiger charge is 2.32. The number of hydrogen-bond donors (Lipinski definition) is 2. The fraction of sp³-hybridized carbons (Fsp3) is 0.720. The Kier molecular flexibility index (Phi) is 9.94. The van der Waals surface area contributed by atoms with Crippen molar-refractivity contribution in [2.24, 2.45) is 5.92 Å². The fourth-order valence-corrected chi connectivity index (χ4v) is 4.45. The van der Waals surface area contributed by atoms with Crippen LogP contribution in [0.2, 0.25) is 0 Å². The van der Waals surface area contributed by atoms with Crippen LogP contribution in [0, 0.1) is 5.92 Å². The van der Waals surface area contributed by atoms with Gasteiger partial charge in [-0.25, -0.2) is 4.79 Å². The van der Waals surface area contributed by atoms with Gasteiger partial charge in [-0.15, -0.1) is 0 Å². The van der Waals surface area contributed by atoms with E-state index in [0.717, 1.165) is 51.9 Å². The summed E-state index contributed by atoms with van der Waals surface area (Å²) in [7, 11) is 0. The molecule has 0 aromatic carbocycles. The molecule has 32 heavy (non-hydrogen) atoms. The number of nitrogens with one attached hydrogen (secondary N) is 2. The van der Waals surface area contributed by atoms with Crippen LogP contribution in [0.4, 0.5) is 4.79 Å². The third-order valence-corrected chi connectivity index (χ3v) is 6.25. The van der Waals surface area contributed by atoms with E-state index in [1.165, 1.54) is 5.56 Å². The number of rotatable bonds is 4. The highest BCUT2D eigenvalue weighted by molar-refractivity contribution is 5.79. The summed E-state index contributed by atoms with van der Waals surface area (Å²) in [4.78, 5) is 33.7. The summed E-state index contributed by atoms with van der Waals surface area (Å²) in [6.07, 6.45) is 7.16. The van der Waals surface area contributed by atoms with Crippen molar-refractivity contribution < 1.29 is 12.4 Å². The number of nitrogens with zero attached hydrogens (tertiary/aromatic N) is 3. The Balaban J connectivity index is 0.00000265. The van der Waals surface area contributed by atoms with Gasteiger partial charge < -0.3 is 15.5 Å². The monoisotopic (exact) mass is 449 g/mol. The van der Waals surface area contributed by atoms with Crippen LogP contribution in [-0.2, 0) is 4.79 Å². The molecular weight excluding hydrogens is 402 g/mol. The zero-order valence-corrected chi connectivity index (χ0v) is 20.9. The van der Waals surface area contributed by atoms with Crippen molar-refractivity contribution in [2.75, 3.05) is 26.2 Å². The first-order valence-corrected chi connectivity index (χ1v) is 12.2. The van der Waals surface area contributed by atoms with Crippen molar-refractivity contribution >= 4 is 11.9 Å². The van der Waals surface area contributed by atoms with Crippen LogP contribution in [0.15, 0.2) is 24.5 Å². The van der Waals surface area contributed by atoms with E-state index in [2.05, 4.69) is 39.6 Å². The van der Waals surface area contributed by atoms with Crippen LogP contribution in [0.5, 0.6) is 0 Å². The van der Waals surface area contributed by atoms with Crippen molar-refractivity contribution in [1.29, 1.82) is 0 Å². The van der Waals surface area contributed by atoms with E-state index in [9.17, 15) is 9.59 Å². The molecular formula is C25H47N5O2. The molecule has 3 amide bonds. The molecule has 1 aromatic rings. The van der Waals surface area contributed by atoms with Crippen LogP contribution in [0.25, 0.3) is 0 Å². The molecule has 3 heterocycles. The number of likely N-dealkylation sites (tertiary alicyclic amines) is 2. The lowest BCUT2D eigenvalue weighted by Crippen LogP contribution is -2.53. The highest BCUT2D eigenvalue weighted by atomic mass is 16.2. The lowest BCUT2D eigenvalue weighted by atomic mass is 9.92. The molecule has 2 fully saturated rings. The Morgan fingerprint density at radius 3 is 2.12 bits per heavy atom. The number of carbonyl (C=O) groups excluding carboxylic acids is 2. The van der Waals surface area contributed by atoms with Crippen LogP contribution in [0.3, 0.4) is 0 Å². The second kappa shape index (κ2) is 12.2. The van der Waals surface area contributed by atoms with E-state index in [1.807, 2.05) is 51.9 Å². The van der Waals surface area contributed by atoms with Gasteiger partial charge in [-0.1, -0.05) is 13.8 Å². The molecule has 1 atom stereocenters. The number of aromatic nitrogens is 1. The lowest BCUT2D eigenvalue weighted by Gasteiger charge is -2.39. The maximum atomic E-state index is 13.0. The van der Waals surface area contributed by atoms with E-state index in [-0.39, 0.29) is 26.4 Å². The fourth-order valence-electron chi connectivity index (χ4n) is 4.45. The molecule has 184 valence electrons. The van der Waals surface area contributed by atoms with Crippen molar-refractivity contribution in [3.8, 4) is 0 Å². The Morgan fingerprint density at radius 2 is 1.59 bits per heavy atom. The Morgan fingerprint density at radius 1 is 1.03 bits per heavy atom. The SMILES string of the molecule is CC.CC(c1ccncc1)N1CCC(C(=O)N2CCC(NC(=O)NC(C)(C)C)CC2)CC1.[HH].[HH]. The van der Waals surface area contributed by atoms with Gasteiger partial charge in [0.25, 0.3) is 0 Å². The van der Waals surface area contributed by atoms with Gasteiger partial charge in [0.15, 0.2) is 0 Å². The molecule has 0 radical (unpaired) electrons. The highest BCUT2D eigenvalue weighted by Crippen LogP contribution is 2.28. The molecule has 0 saturated carbocycles. The molecule has 0 aliphatic carbocycles. The van der Waals surface area contributed by atoms with Crippen LogP contribution >= 0.6 is 0 Å². The maximum absolute atomic E-state index is 13.0. The van der Waals surface area contributed by atoms with Crippen molar-refractivity contribution in [3.05, 3.63) is 30.1 Å². The summed E-state index contributed by atoms with van der Waals surface area (Å²) in [6, 6.07) is 4.51. The Labute approximate surface area is 197 Å². The molecule has 0 spiro atoms. The average Bonchev–Trinajstić information content (AvgIpc) is 2.79. The Bertz CT molecular complexity index is 714. The van der Waals surface area contributed by atoms with E-state index in [1.54, 1.807) is 0 Å². The smallest absolute Gasteiger partial charge is 0.315 e. The molecule has 7 heteroatoms. The van der Waals surface area contributed by atoms with E-state index in [0.29, 0.717) is 11.9 Å². The third-order valence-electron chi connectivity index (χ3n) is 6.25. The van der Waals surface area contributed by atoms with Crippen molar-refractivity contribution in [1.82, 2.24) is 25.4 Å². The Hall–Kier alpha value is -2.15. The van der Waals surface area contributed by atoms with E-state index in [4.69, 9.17) is 0 Å². The number of amides is 3. The van der Waals surface area contributed by atoms with Gasteiger partial charge in [-0.05, 0) is 84.2 Å². The summed E-state index contributed by atoms with van der Waals surface area (Å²) >= 11 is 0. The van der Waals surface area contributed by atoms with Gasteiger partial charge in [0.05, 0.1) is 0 Å². The number of piperidine rings is 2. The number of hydrogen-bond acceptors (Lipinski definition) is 4. The van der Waals surface area contributed by atoms with E-state index < -0.39 is 0 Å². The molecule has 2 aliphatic rings. The first-order chi connectivity index (χ1) is 15.2. The minimum absolute atomic E-state index is 0. The quantitative estimate of drug-likeness (QED) is 0.711. The first-order valence-electron chi connectivity index (χ1n) is 12.2. The zero-order chi connectivity index (χ0) is 23.7. The molecule has 2 saturated heterocycles. The van der Waals surface area contributed by atoms with E-state index >= 15 is 0 Å². The predicted octanol–water partition coefficient (Wildman–Crippen LogP) is 4.46. The predicted molar refractivity (Wildman–Crippen MR) is 134 cm³/mol. The second-order valence-corrected chi connectivity index (χ2v) is 9.71. The molecule has 7 nitrogen and oxygen atoms in total. The van der Waals surface area contributed by atoms with Crippen LogP contribution < -0.4 is 10.6 Å². The number of urea groups is 1. The standard InChI is InChI=1S/C23H37N5O2.C2H6.2H2/c1-17(18-5-11-24-12-6-18)27-13-7-19(8-14-27)21(29)28-15-9-20(10-16-28)25-22(30)26-23(2,3)4;1-2;;/h5-6,11-12,17,19-20H,7-10,13-16H2,1-4H3,(H2,25,26,30);1-2H3;2*1H. The molecule has 1 unspecified atom stereocenters. The summed E-state index contributed by atoms with van der Waals surface area (Å²) in [6.45, 7) is 15.5. The summed E-state index contributed by atoms with van der Waals surface area (Å²) in [5.74, 6) is 0.420. The van der Waals surface area contributed by atoms with Gasteiger partial charge in [-0.2, -0.15) is 0 Å². The number of carbonyl (C=O) groups is 2. The zero-order valence-electron chi connectivity index (χ0n) is 20.9. The summed E-state index contributed by atoms with van der Waals surface area (Å²) in [5, 5.41) is 5.99. The van der Waals surface area contributed by atoms with Gasteiger partial charge in [-0.3, -0.25) is 14.7 Å². The number of pyridine rings is 1. The minimum atomic E-state index is -0.246. The van der Waals surface area contributed by atoms with Crippen LogP contribution in [0.1, 0.15) is 81.7 Å². The van der Waals surface area contributed by atoms with Crippen molar-refractivity contribution in [2.45, 2.75) is 84.8 Å². The average molecular weight is 450 g/mol. The van der Waals surface area contributed by atoms with Gasteiger partial charge >= 0.3 is 6.03 Å². The first kappa shape index (κ1) is 26.1. The molecule has 3 rings (SSSR count). The third kappa shape index (κ3) is 7.76. The molecule has 2 N–H and O–H groups in total. The minimum Gasteiger partial charge on any atom is -0.342 e.